The molecule has 1 unspecified atom stereocenters. The third-order valence-corrected chi connectivity index (χ3v) is 4.33. The smallest absolute Gasteiger partial charge is 0.118 e. The Bertz CT molecular complexity index is 487. The maximum Gasteiger partial charge on any atom is 0.118 e. The molecule has 126 valence electrons. The minimum Gasteiger partial charge on any atom is -0.497 e. The Morgan fingerprint density at radius 2 is 1.91 bits per heavy atom. The number of rotatable bonds is 10. The lowest BCUT2D eigenvalue weighted by molar-refractivity contribution is 0.117. The second-order valence-electron chi connectivity index (χ2n) is 6.46. The third kappa shape index (κ3) is 7.04. The number of hydrogen-bond acceptors (Lipinski definition) is 2. The summed E-state index contributed by atoms with van der Waals surface area (Å²) in [5.41, 5.74) is 1.20. The molecular weight excluding hydrogens is 284 g/mol. The molecule has 2 nitrogen and oxygen atoms in total. The average molecular weight is 314 g/mol. The fourth-order valence-corrected chi connectivity index (χ4v) is 2.92. The zero-order chi connectivity index (χ0) is 16.3. The molecule has 1 aromatic rings. The largest absolute Gasteiger partial charge is 0.497 e. The molecule has 23 heavy (non-hydrogen) atoms. The molecular formula is C21H30O2. The lowest BCUT2D eigenvalue weighted by Gasteiger charge is -2.05. The Morgan fingerprint density at radius 3 is 2.61 bits per heavy atom. The van der Waals surface area contributed by atoms with E-state index in [9.17, 15) is 0 Å². The fourth-order valence-electron chi connectivity index (χ4n) is 2.92. The van der Waals surface area contributed by atoms with Crippen LogP contribution in [-0.4, -0.2) is 13.7 Å². The highest BCUT2D eigenvalue weighted by molar-refractivity contribution is 5.26. The molecule has 0 spiro atoms. The number of benzene rings is 1. The maximum atomic E-state index is 5.72. The lowest BCUT2D eigenvalue weighted by atomic mass is 10.0. The van der Waals surface area contributed by atoms with E-state index in [2.05, 4.69) is 43.4 Å². The molecule has 1 aliphatic carbocycles. The van der Waals surface area contributed by atoms with Crippen LogP contribution in [0.2, 0.25) is 0 Å². The molecule has 0 fully saturated rings. The Balaban J connectivity index is 1.45. The van der Waals surface area contributed by atoms with Gasteiger partial charge in [-0.15, -0.1) is 0 Å². The summed E-state index contributed by atoms with van der Waals surface area (Å²) in [6, 6.07) is 8.06. The van der Waals surface area contributed by atoms with E-state index in [4.69, 9.17) is 9.47 Å². The molecule has 2 rings (SSSR count). The van der Waals surface area contributed by atoms with E-state index in [1.54, 1.807) is 7.11 Å². The number of hydrogen-bond donors (Lipinski definition) is 0. The van der Waals surface area contributed by atoms with Crippen LogP contribution in [0.3, 0.4) is 0 Å². The quantitative estimate of drug-likeness (QED) is 0.417. The van der Waals surface area contributed by atoms with Crippen LogP contribution < -0.4 is 4.74 Å². The van der Waals surface area contributed by atoms with E-state index in [1.807, 2.05) is 12.1 Å². The molecule has 1 aliphatic rings. The van der Waals surface area contributed by atoms with Crippen molar-refractivity contribution in [2.24, 2.45) is 11.8 Å². The van der Waals surface area contributed by atoms with Gasteiger partial charge in [-0.3, -0.25) is 0 Å². The van der Waals surface area contributed by atoms with Crippen molar-refractivity contribution >= 4 is 0 Å². The Hall–Kier alpha value is -1.54. The van der Waals surface area contributed by atoms with Crippen molar-refractivity contribution in [2.75, 3.05) is 13.7 Å². The molecule has 0 amide bonds. The molecule has 0 aromatic heterocycles. The fraction of sp³-hybridized carbons (Fsp3) is 0.524. The van der Waals surface area contributed by atoms with Gasteiger partial charge in [-0.2, -0.15) is 0 Å². The van der Waals surface area contributed by atoms with Crippen molar-refractivity contribution in [2.45, 2.75) is 45.6 Å². The van der Waals surface area contributed by atoms with Gasteiger partial charge in [-0.1, -0.05) is 43.4 Å². The number of methoxy groups -OCH3 is 1. The second-order valence-corrected chi connectivity index (χ2v) is 6.46. The molecule has 0 aliphatic heterocycles. The van der Waals surface area contributed by atoms with Gasteiger partial charge in [0.15, 0.2) is 0 Å². The van der Waals surface area contributed by atoms with Crippen LogP contribution in [0.25, 0.3) is 0 Å². The summed E-state index contributed by atoms with van der Waals surface area (Å²) in [4.78, 5) is 0. The van der Waals surface area contributed by atoms with Crippen molar-refractivity contribution in [1.82, 2.24) is 0 Å². The molecule has 2 heteroatoms. The molecule has 0 radical (unpaired) electrons. The summed E-state index contributed by atoms with van der Waals surface area (Å²) in [5.74, 6) is 2.44. The normalized spacial score (nSPS) is 20.4. The van der Waals surface area contributed by atoms with Gasteiger partial charge < -0.3 is 9.47 Å². The van der Waals surface area contributed by atoms with Crippen molar-refractivity contribution in [3.8, 4) is 5.75 Å². The van der Waals surface area contributed by atoms with Crippen molar-refractivity contribution in [3.05, 3.63) is 54.1 Å². The predicted octanol–water partition coefficient (Wildman–Crippen LogP) is 5.54. The molecule has 2 atom stereocenters. The van der Waals surface area contributed by atoms with Gasteiger partial charge in [-0.05, 0) is 61.6 Å². The monoisotopic (exact) mass is 314 g/mol. The molecule has 1 aromatic carbocycles. The first kappa shape index (κ1) is 17.8. The second kappa shape index (κ2) is 10.3. The first-order valence-corrected chi connectivity index (χ1v) is 8.82. The van der Waals surface area contributed by atoms with E-state index >= 15 is 0 Å². The summed E-state index contributed by atoms with van der Waals surface area (Å²) in [7, 11) is 1.69. The topological polar surface area (TPSA) is 18.5 Å². The Kier molecular flexibility index (Phi) is 7.96. The third-order valence-electron chi connectivity index (χ3n) is 4.33. The van der Waals surface area contributed by atoms with Gasteiger partial charge in [0.25, 0.3) is 0 Å². The first-order valence-electron chi connectivity index (χ1n) is 8.82. The number of ether oxygens (including phenoxy) is 2. The van der Waals surface area contributed by atoms with Crippen LogP contribution >= 0.6 is 0 Å². The molecule has 0 N–H and O–H groups in total. The van der Waals surface area contributed by atoms with Crippen LogP contribution in [0, 0.1) is 11.8 Å². The number of unbranched alkanes of at least 4 members (excludes halogenated alkanes) is 2. The van der Waals surface area contributed by atoms with Gasteiger partial charge in [0.05, 0.1) is 13.7 Å². The van der Waals surface area contributed by atoms with Crippen molar-refractivity contribution in [1.29, 1.82) is 0 Å². The van der Waals surface area contributed by atoms with Gasteiger partial charge in [0.2, 0.25) is 0 Å². The summed E-state index contributed by atoms with van der Waals surface area (Å²) < 4.78 is 10.9. The van der Waals surface area contributed by atoms with Crippen LogP contribution in [0.1, 0.15) is 44.6 Å². The molecule has 0 heterocycles. The number of allylic oxidation sites excluding steroid dienone is 4. The maximum absolute atomic E-state index is 5.72. The van der Waals surface area contributed by atoms with Crippen LogP contribution in [0.4, 0.5) is 0 Å². The van der Waals surface area contributed by atoms with E-state index in [0.717, 1.165) is 37.0 Å². The van der Waals surface area contributed by atoms with Crippen LogP contribution in [0.5, 0.6) is 5.75 Å². The Labute approximate surface area is 141 Å². The van der Waals surface area contributed by atoms with E-state index in [0.29, 0.717) is 6.61 Å². The van der Waals surface area contributed by atoms with E-state index < -0.39 is 0 Å². The summed E-state index contributed by atoms with van der Waals surface area (Å²) >= 11 is 0. The van der Waals surface area contributed by atoms with Crippen molar-refractivity contribution in [3.63, 3.8) is 0 Å². The first-order chi connectivity index (χ1) is 11.3. The Morgan fingerprint density at radius 1 is 1.09 bits per heavy atom. The highest BCUT2D eigenvalue weighted by atomic mass is 16.5. The summed E-state index contributed by atoms with van der Waals surface area (Å²) in [6.07, 6.45) is 15.4. The van der Waals surface area contributed by atoms with Gasteiger partial charge >= 0.3 is 0 Å². The average Bonchev–Trinajstić information content (AvgIpc) is 2.99. The van der Waals surface area contributed by atoms with Gasteiger partial charge in [-0.25, -0.2) is 0 Å². The zero-order valence-corrected chi connectivity index (χ0v) is 14.5. The van der Waals surface area contributed by atoms with Gasteiger partial charge in [0.1, 0.15) is 5.75 Å². The predicted molar refractivity (Wildman–Crippen MR) is 96.7 cm³/mol. The molecule has 0 bridgehead atoms. The minimum absolute atomic E-state index is 0.687. The van der Waals surface area contributed by atoms with Gasteiger partial charge in [0, 0.05) is 6.61 Å². The SMILES string of the molecule is COc1ccc(COCCCC/C=C\C[C@H]2C=CC(C)C2)cc1. The highest BCUT2D eigenvalue weighted by Gasteiger charge is 2.12. The van der Waals surface area contributed by atoms with E-state index in [-0.39, 0.29) is 0 Å². The van der Waals surface area contributed by atoms with Crippen LogP contribution in [0.15, 0.2) is 48.6 Å². The van der Waals surface area contributed by atoms with Crippen LogP contribution in [-0.2, 0) is 11.3 Å². The summed E-state index contributed by atoms with van der Waals surface area (Å²) in [6.45, 7) is 3.82. The minimum atomic E-state index is 0.687. The summed E-state index contributed by atoms with van der Waals surface area (Å²) in [5, 5.41) is 0. The molecule has 0 saturated carbocycles. The van der Waals surface area contributed by atoms with Crippen molar-refractivity contribution < 1.29 is 9.47 Å². The molecule has 0 saturated heterocycles. The highest BCUT2D eigenvalue weighted by Crippen LogP contribution is 2.25. The van der Waals surface area contributed by atoms with E-state index in [1.165, 1.54) is 24.8 Å². The lowest BCUT2D eigenvalue weighted by Crippen LogP contribution is -1.95. The standard InChI is InChI=1S/C21H30O2/c1-18-9-10-19(16-18)8-6-4-3-5-7-15-23-17-20-11-13-21(22-2)14-12-20/h4,6,9-14,18-19H,3,5,7-8,15-17H2,1-2H3/b6-4-/t18?,19-/m0/s1. The zero-order valence-electron chi connectivity index (χ0n) is 14.5.